The van der Waals surface area contributed by atoms with Crippen LogP contribution in [0.15, 0.2) is 0 Å². The molecule has 0 aliphatic rings. The van der Waals surface area contributed by atoms with Gasteiger partial charge in [0.15, 0.2) is 0 Å². The van der Waals surface area contributed by atoms with Crippen molar-refractivity contribution in [2.45, 2.75) is 78.1 Å². The van der Waals surface area contributed by atoms with E-state index in [-0.39, 0.29) is 11.7 Å². The van der Waals surface area contributed by atoms with Crippen LogP contribution in [0.25, 0.3) is 0 Å². The Labute approximate surface area is 130 Å². The van der Waals surface area contributed by atoms with Crippen LogP contribution >= 0.6 is 0 Å². The number of unbranched alkanes of at least 4 members (excludes halogenated alkanes) is 8. The van der Waals surface area contributed by atoms with Gasteiger partial charge in [-0.15, -0.1) is 0 Å². The van der Waals surface area contributed by atoms with Gasteiger partial charge in [-0.1, -0.05) is 58.3 Å². The highest BCUT2D eigenvalue weighted by Crippen LogP contribution is 2.11. The molecule has 21 heavy (non-hydrogen) atoms. The Bertz CT molecular complexity index is 369. The lowest BCUT2D eigenvalue weighted by molar-refractivity contribution is -0.131. The van der Waals surface area contributed by atoms with Crippen molar-refractivity contribution < 1.29 is 13.2 Å². The molecule has 1 amide bonds. The second kappa shape index (κ2) is 12.0. The third-order valence-electron chi connectivity index (χ3n) is 3.47. The molecule has 0 aromatic carbocycles. The van der Waals surface area contributed by atoms with Gasteiger partial charge in [0, 0.05) is 13.5 Å². The molecule has 0 aliphatic heterocycles. The zero-order valence-electron chi connectivity index (χ0n) is 13.8. The summed E-state index contributed by atoms with van der Waals surface area (Å²) < 4.78 is 22.6. The molecule has 0 saturated heterocycles. The lowest BCUT2D eigenvalue weighted by atomic mass is 10.1. The van der Waals surface area contributed by atoms with Gasteiger partial charge in [0.1, 0.15) is 0 Å². The van der Waals surface area contributed by atoms with E-state index in [2.05, 4.69) is 11.8 Å². The summed E-state index contributed by atoms with van der Waals surface area (Å²) in [5, 5.41) is 0.962. The molecule has 1 radical (unpaired) electrons. The van der Waals surface area contributed by atoms with Crippen molar-refractivity contribution in [3.63, 3.8) is 0 Å². The van der Waals surface area contributed by atoms with Crippen molar-refractivity contribution in [1.82, 2.24) is 9.84 Å². The van der Waals surface area contributed by atoms with E-state index in [9.17, 15) is 13.2 Å². The van der Waals surface area contributed by atoms with Gasteiger partial charge < -0.3 is 0 Å². The first-order chi connectivity index (χ1) is 9.93. The first-order valence-corrected chi connectivity index (χ1v) is 9.76. The molecule has 0 bridgehead atoms. The molecular weight excluding hydrogens is 288 g/mol. The standard InChI is InChI=1S/C15H31N2O3S/c1-4-6-7-8-9-10-11-12-13-14-15(18)17(3)16-21(19,20)5-2/h4-14H2,1-3H3. The number of carbonyl (C=O) groups excluding carboxylic acids is 1. The highest BCUT2D eigenvalue weighted by atomic mass is 32.2. The van der Waals surface area contributed by atoms with E-state index in [1.54, 1.807) is 0 Å². The molecule has 0 N–H and O–H groups in total. The van der Waals surface area contributed by atoms with Gasteiger partial charge in [-0.25, -0.2) is 13.4 Å². The zero-order valence-corrected chi connectivity index (χ0v) is 14.6. The third kappa shape index (κ3) is 11.7. The van der Waals surface area contributed by atoms with Crippen molar-refractivity contribution in [2.75, 3.05) is 12.8 Å². The molecular formula is C15H31N2O3S. The molecule has 0 rings (SSSR count). The number of nitrogens with zero attached hydrogens (tertiary/aromatic N) is 2. The van der Waals surface area contributed by atoms with Crippen LogP contribution in [0.2, 0.25) is 0 Å². The van der Waals surface area contributed by atoms with Crippen LogP contribution in [0.1, 0.15) is 78.1 Å². The number of hydrogen-bond acceptors (Lipinski definition) is 3. The fourth-order valence-electron chi connectivity index (χ4n) is 2.04. The maximum Gasteiger partial charge on any atom is 0.247 e. The second-order valence-corrected chi connectivity index (χ2v) is 7.35. The van der Waals surface area contributed by atoms with Crippen LogP contribution < -0.4 is 4.83 Å². The van der Waals surface area contributed by atoms with E-state index in [1.807, 2.05) is 0 Å². The minimum Gasteiger partial charge on any atom is -0.273 e. The summed E-state index contributed by atoms with van der Waals surface area (Å²) in [5.74, 6) is -0.308. The topological polar surface area (TPSA) is 68.6 Å². The van der Waals surface area contributed by atoms with Gasteiger partial charge in [-0.05, 0) is 18.2 Å². The SMILES string of the molecule is CCCCCCCCCCCC(=O)N(C)[N]S(=O)(=O)CC. The maximum atomic E-state index is 11.7. The predicted octanol–water partition coefficient (Wildman–Crippen LogP) is 3.23. The first-order valence-electron chi connectivity index (χ1n) is 8.15. The van der Waals surface area contributed by atoms with E-state index in [0.29, 0.717) is 6.42 Å². The van der Waals surface area contributed by atoms with Crippen molar-refractivity contribution in [3.05, 3.63) is 0 Å². The molecule has 0 saturated carbocycles. The summed E-state index contributed by atoms with van der Waals surface area (Å²) in [4.78, 5) is 15.2. The van der Waals surface area contributed by atoms with Crippen molar-refractivity contribution in [1.29, 1.82) is 0 Å². The predicted molar refractivity (Wildman–Crippen MR) is 86.2 cm³/mol. The molecule has 0 heterocycles. The highest BCUT2D eigenvalue weighted by molar-refractivity contribution is 7.89. The van der Waals surface area contributed by atoms with E-state index < -0.39 is 10.0 Å². The minimum atomic E-state index is -3.48. The van der Waals surface area contributed by atoms with Gasteiger partial charge in [0.25, 0.3) is 0 Å². The number of carbonyl (C=O) groups is 1. The maximum absolute atomic E-state index is 11.7. The smallest absolute Gasteiger partial charge is 0.247 e. The van der Waals surface area contributed by atoms with Crippen LogP contribution in [0.5, 0.6) is 0 Å². The Morgan fingerprint density at radius 3 is 1.86 bits per heavy atom. The Hall–Kier alpha value is -0.620. The molecule has 0 fully saturated rings. The summed E-state index contributed by atoms with van der Waals surface area (Å²) in [5.41, 5.74) is 0. The van der Waals surface area contributed by atoms with Gasteiger partial charge >= 0.3 is 0 Å². The fraction of sp³-hybridized carbons (Fsp3) is 0.933. The summed E-state index contributed by atoms with van der Waals surface area (Å²) in [6.07, 6.45) is 11.1. The van der Waals surface area contributed by atoms with Crippen molar-refractivity contribution >= 4 is 15.9 Å². The minimum absolute atomic E-state index is 0.0807. The largest absolute Gasteiger partial charge is 0.273 e. The normalized spacial score (nSPS) is 11.6. The van der Waals surface area contributed by atoms with Crippen LogP contribution in [0.3, 0.4) is 0 Å². The van der Waals surface area contributed by atoms with Crippen molar-refractivity contribution in [2.24, 2.45) is 0 Å². The zero-order chi connectivity index (χ0) is 16.1. The van der Waals surface area contributed by atoms with Crippen LogP contribution in [-0.4, -0.2) is 32.1 Å². The average molecular weight is 319 g/mol. The lowest BCUT2D eigenvalue weighted by Gasteiger charge is -2.14. The molecule has 125 valence electrons. The van der Waals surface area contributed by atoms with Gasteiger partial charge in [-0.3, -0.25) is 4.79 Å². The van der Waals surface area contributed by atoms with E-state index >= 15 is 0 Å². The Kier molecular flexibility index (Phi) is 11.6. The van der Waals surface area contributed by atoms with Crippen LogP contribution in [-0.2, 0) is 14.8 Å². The number of sulfonamides is 1. The summed E-state index contributed by atoms with van der Waals surface area (Å²) in [7, 11) is -2.08. The molecule has 0 atom stereocenters. The van der Waals surface area contributed by atoms with Crippen LogP contribution in [0, 0.1) is 0 Å². The first kappa shape index (κ1) is 20.4. The van der Waals surface area contributed by atoms with E-state index in [1.165, 1.54) is 52.5 Å². The van der Waals surface area contributed by atoms with Crippen LogP contribution in [0.4, 0.5) is 0 Å². The average Bonchev–Trinajstić information content (AvgIpc) is 2.44. The molecule has 6 heteroatoms. The summed E-state index contributed by atoms with van der Waals surface area (Å²) in [6.45, 7) is 3.73. The van der Waals surface area contributed by atoms with Gasteiger partial charge in [-0.2, -0.15) is 0 Å². The monoisotopic (exact) mass is 319 g/mol. The number of amides is 1. The van der Waals surface area contributed by atoms with Gasteiger partial charge in [0.2, 0.25) is 15.9 Å². The van der Waals surface area contributed by atoms with Crippen molar-refractivity contribution in [3.8, 4) is 0 Å². The Morgan fingerprint density at radius 1 is 0.905 bits per heavy atom. The number of hydrogen-bond donors (Lipinski definition) is 0. The highest BCUT2D eigenvalue weighted by Gasteiger charge is 2.17. The summed E-state index contributed by atoms with van der Waals surface area (Å²) >= 11 is 0. The third-order valence-corrected chi connectivity index (χ3v) is 4.69. The molecule has 5 nitrogen and oxygen atoms in total. The fourth-order valence-corrected chi connectivity index (χ4v) is 2.62. The van der Waals surface area contributed by atoms with E-state index in [4.69, 9.17) is 0 Å². The molecule has 0 aromatic rings. The van der Waals surface area contributed by atoms with Gasteiger partial charge in [0.05, 0.1) is 5.75 Å². The molecule has 0 spiro atoms. The quantitative estimate of drug-likeness (QED) is 0.386. The number of rotatable bonds is 13. The second-order valence-electron chi connectivity index (χ2n) is 5.45. The lowest BCUT2D eigenvalue weighted by Crippen LogP contribution is -2.38. The Morgan fingerprint density at radius 2 is 1.38 bits per heavy atom. The molecule has 0 aliphatic carbocycles. The summed E-state index contributed by atoms with van der Waals surface area (Å²) in [6, 6.07) is 0. The molecule has 0 unspecified atom stereocenters. The van der Waals surface area contributed by atoms with E-state index in [0.717, 1.165) is 24.3 Å². The Balaban J connectivity index is 3.57. The molecule has 0 aromatic heterocycles.